The van der Waals surface area contributed by atoms with Crippen molar-refractivity contribution in [3.63, 3.8) is 0 Å². The van der Waals surface area contributed by atoms with Gasteiger partial charge in [-0.1, -0.05) is 0 Å². The fourth-order valence-electron chi connectivity index (χ4n) is 1.02. The van der Waals surface area contributed by atoms with E-state index >= 15 is 0 Å². The Bertz CT molecular complexity index is 484. The molecule has 0 N–H and O–H groups in total. The highest BCUT2D eigenvalue weighted by Gasteiger charge is 2.06. The van der Waals surface area contributed by atoms with E-state index in [0.29, 0.717) is 11.2 Å². The lowest BCUT2D eigenvalue weighted by atomic mass is 10.6. The number of carbonyl (C=O) groups excluding carboxylic acids is 1. The molecule has 2 aromatic heterocycles. The molecule has 2 aromatic rings. The summed E-state index contributed by atoms with van der Waals surface area (Å²) in [6.07, 6.45) is 4.67. The maximum Gasteiger partial charge on any atom is 0.317 e. The lowest BCUT2D eigenvalue weighted by Crippen LogP contribution is -2.05. The summed E-state index contributed by atoms with van der Waals surface area (Å²) in [7, 11) is 1.36. The molecule has 15 heavy (non-hydrogen) atoms. The van der Waals surface area contributed by atoms with Gasteiger partial charge in [0.25, 0.3) is 0 Å². The van der Waals surface area contributed by atoms with Gasteiger partial charge in [0.05, 0.1) is 13.3 Å². The van der Waals surface area contributed by atoms with E-state index in [1.54, 1.807) is 16.5 Å². The molecule has 0 saturated heterocycles. The number of ether oxygens (including phenoxy) is 1. The van der Waals surface area contributed by atoms with Crippen molar-refractivity contribution < 1.29 is 9.53 Å². The molecule has 2 rings (SSSR count). The SMILES string of the molecule is COC(=O)CSn1cnc2cncnc21. The first-order valence-corrected chi connectivity index (χ1v) is 5.08. The smallest absolute Gasteiger partial charge is 0.317 e. The van der Waals surface area contributed by atoms with Crippen LogP contribution in [0.3, 0.4) is 0 Å². The second kappa shape index (κ2) is 4.26. The van der Waals surface area contributed by atoms with Gasteiger partial charge in [-0.2, -0.15) is 0 Å². The van der Waals surface area contributed by atoms with E-state index in [2.05, 4.69) is 19.7 Å². The van der Waals surface area contributed by atoms with Crippen molar-refractivity contribution in [1.82, 2.24) is 18.9 Å². The van der Waals surface area contributed by atoms with Crippen LogP contribution in [0.5, 0.6) is 0 Å². The molecule has 7 heteroatoms. The van der Waals surface area contributed by atoms with Crippen LogP contribution in [0.15, 0.2) is 18.9 Å². The van der Waals surface area contributed by atoms with Crippen molar-refractivity contribution >= 4 is 29.1 Å². The van der Waals surface area contributed by atoms with Crippen LogP contribution in [0, 0.1) is 0 Å². The molecule has 78 valence electrons. The summed E-state index contributed by atoms with van der Waals surface area (Å²) in [5.74, 6) is -0.0534. The minimum absolute atomic E-state index is 0.228. The third kappa shape index (κ3) is 2.07. The van der Waals surface area contributed by atoms with Gasteiger partial charge < -0.3 is 4.74 Å². The Morgan fingerprint density at radius 1 is 1.60 bits per heavy atom. The van der Waals surface area contributed by atoms with Gasteiger partial charge in [-0.15, -0.1) is 0 Å². The standard InChI is InChI=1S/C8H8N4O2S/c1-14-7(13)3-15-12-5-11-6-2-9-4-10-8(6)12/h2,4-5H,3H2,1H3. The van der Waals surface area contributed by atoms with E-state index in [-0.39, 0.29) is 11.7 Å². The molecule has 0 aliphatic rings. The van der Waals surface area contributed by atoms with Gasteiger partial charge in [0.2, 0.25) is 0 Å². The molecule has 0 saturated carbocycles. The van der Waals surface area contributed by atoms with Crippen LogP contribution in [0.4, 0.5) is 0 Å². The van der Waals surface area contributed by atoms with Crippen LogP contribution in [0.25, 0.3) is 11.2 Å². The summed E-state index contributed by atoms with van der Waals surface area (Å²) >= 11 is 1.28. The summed E-state index contributed by atoms with van der Waals surface area (Å²) in [5.41, 5.74) is 1.40. The van der Waals surface area contributed by atoms with Crippen LogP contribution in [0.2, 0.25) is 0 Å². The number of hydrogen-bond donors (Lipinski definition) is 0. The second-order valence-corrected chi connectivity index (χ2v) is 3.59. The Balaban J connectivity index is 2.18. The first-order chi connectivity index (χ1) is 7.31. The van der Waals surface area contributed by atoms with Gasteiger partial charge in [0.1, 0.15) is 23.9 Å². The largest absolute Gasteiger partial charge is 0.468 e. The predicted molar refractivity (Wildman–Crippen MR) is 55.2 cm³/mol. The van der Waals surface area contributed by atoms with Crippen molar-refractivity contribution in [2.45, 2.75) is 0 Å². The first kappa shape index (κ1) is 9.91. The summed E-state index contributed by atoms with van der Waals surface area (Å²) in [4.78, 5) is 22.9. The third-order valence-corrected chi connectivity index (χ3v) is 2.64. The number of imidazole rings is 1. The van der Waals surface area contributed by atoms with E-state index in [1.165, 1.54) is 25.4 Å². The highest BCUT2D eigenvalue weighted by molar-refractivity contribution is 7.98. The molecule has 0 fully saturated rings. The zero-order chi connectivity index (χ0) is 10.7. The van der Waals surface area contributed by atoms with Crippen molar-refractivity contribution in [2.75, 3.05) is 12.9 Å². The highest BCUT2D eigenvalue weighted by atomic mass is 32.2. The number of fused-ring (bicyclic) bond motifs is 1. The maximum atomic E-state index is 10.9. The van der Waals surface area contributed by atoms with E-state index in [9.17, 15) is 4.79 Å². The topological polar surface area (TPSA) is 69.9 Å². The lowest BCUT2D eigenvalue weighted by molar-refractivity contribution is -0.137. The van der Waals surface area contributed by atoms with Crippen LogP contribution < -0.4 is 0 Å². The number of esters is 1. The first-order valence-electron chi connectivity index (χ1n) is 4.14. The van der Waals surface area contributed by atoms with Gasteiger partial charge >= 0.3 is 5.97 Å². The molecular weight excluding hydrogens is 216 g/mol. The zero-order valence-corrected chi connectivity index (χ0v) is 8.77. The molecule has 0 radical (unpaired) electrons. The third-order valence-electron chi connectivity index (χ3n) is 1.73. The molecule has 0 aliphatic carbocycles. The Hall–Kier alpha value is -1.63. The maximum absolute atomic E-state index is 10.9. The number of aromatic nitrogens is 4. The molecule has 2 heterocycles. The van der Waals surface area contributed by atoms with Crippen LogP contribution in [-0.2, 0) is 9.53 Å². The Labute approximate surface area is 89.8 Å². The van der Waals surface area contributed by atoms with Gasteiger partial charge in [-0.3, -0.25) is 8.77 Å². The molecule has 0 spiro atoms. The number of hydrogen-bond acceptors (Lipinski definition) is 6. The van der Waals surface area contributed by atoms with Crippen molar-refractivity contribution in [2.24, 2.45) is 0 Å². The Morgan fingerprint density at radius 3 is 3.27 bits per heavy atom. The lowest BCUT2D eigenvalue weighted by Gasteiger charge is -2.00. The van der Waals surface area contributed by atoms with Crippen LogP contribution >= 0.6 is 11.9 Å². The fraction of sp³-hybridized carbons (Fsp3) is 0.250. The van der Waals surface area contributed by atoms with Gasteiger partial charge in [0, 0.05) is 0 Å². The Morgan fingerprint density at radius 2 is 2.47 bits per heavy atom. The minimum atomic E-state index is -0.282. The number of nitrogens with zero attached hydrogens (tertiary/aromatic N) is 4. The molecule has 0 aromatic carbocycles. The van der Waals surface area contributed by atoms with Crippen molar-refractivity contribution in [3.8, 4) is 0 Å². The average molecular weight is 224 g/mol. The minimum Gasteiger partial charge on any atom is -0.468 e. The van der Waals surface area contributed by atoms with Crippen molar-refractivity contribution in [1.29, 1.82) is 0 Å². The van der Waals surface area contributed by atoms with Crippen LogP contribution in [-0.4, -0.2) is 37.8 Å². The second-order valence-electron chi connectivity index (χ2n) is 2.65. The monoisotopic (exact) mass is 224 g/mol. The van der Waals surface area contributed by atoms with Gasteiger partial charge in [-0.05, 0) is 11.9 Å². The summed E-state index contributed by atoms with van der Waals surface area (Å²) in [6, 6.07) is 0. The van der Waals surface area contributed by atoms with E-state index < -0.39 is 0 Å². The van der Waals surface area contributed by atoms with Crippen molar-refractivity contribution in [3.05, 3.63) is 18.9 Å². The van der Waals surface area contributed by atoms with Gasteiger partial charge in [0.15, 0.2) is 5.65 Å². The highest BCUT2D eigenvalue weighted by Crippen LogP contribution is 2.14. The average Bonchev–Trinajstić information content (AvgIpc) is 2.69. The fourth-order valence-corrected chi connectivity index (χ4v) is 1.76. The molecule has 0 aliphatic heterocycles. The summed E-state index contributed by atoms with van der Waals surface area (Å²) < 4.78 is 6.25. The number of rotatable bonds is 3. The molecule has 0 bridgehead atoms. The van der Waals surface area contributed by atoms with E-state index in [1.807, 2.05) is 0 Å². The zero-order valence-electron chi connectivity index (χ0n) is 7.95. The normalized spacial score (nSPS) is 10.5. The predicted octanol–water partition coefficient (Wildman–Crippen LogP) is 0.496. The Kier molecular flexibility index (Phi) is 2.82. The van der Waals surface area contributed by atoms with Gasteiger partial charge in [-0.25, -0.2) is 15.0 Å². The molecular formula is C8H8N4O2S. The summed E-state index contributed by atoms with van der Waals surface area (Å²) in [6.45, 7) is 0. The number of methoxy groups -OCH3 is 1. The molecule has 0 unspecified atom stereocenters. The quantitative estimate of drug-likeness (QED) is 0.707. The molecule has 0 atom stereocenters. The number of carbonyl (C=O) groups is 1. The van der Waals surface area contributed by atoms with Crippen LogP contribution in [0.1, 0.15) is 0 Å². The summed E-state index contributed by atoms with van der Waals surface area (Å²) in [5, 5.41) is 0. The molecule has 6 nitrogen and oxygen atoms in total. The van der Waals surface area contributed by atoms with E-state index in [4.69, 9.17) is 0 Å². The molecule has 0 amide bonds. The van der Waals surface area contributed by atoms with E-state index in [0.717, 1.165) is 0 Å².